The van der Waals surface area contributed by atoms with Crippen LogP contribution in [0.25, 0.3) is 0 Å². The monoisotopic (exact) mass is 270 g/mol. The van der Waals surface area contributed by atoms with Crippen molar-refractivity contribution in [3.8, 4) is 0 Å². The Labute approximate surface area is 113 Å². The summed E-state index contributed by atoms with van der Waals surface area (Å²) in [5.74, 6) is -0.103. The van der Waals surface area contributed by atoms with Gasteiger partial charge in [0.2, 0.25) is 0 Å². The summed E-state index contributed by atoms with van der Waals surface area (Å²) >= 11 is 5.91. The van der Waals surface area contributed by atoms with E-state index in [1.54, 1.807) is 13.2 Å². The number of benzene rings is 1. The molecule has 1 amide bonds. The lowest BCUT2D eigenvalue weighted by molar-refractivity contribution is 0.0953. The zero-order chi connectivity index (χ0) is 13.4. The summed E-state index contributed by atoms with van der Waals surface area (Å²) in [4.78, 5) is 11.8. The number of carbonyl (C=O) groups is 1. The van der Waals surface area contributed by atoms with Crippen molar-refractivity contribution in [3.63, 3.8) is 0 Å². The van der Waals surface area contributed by atoms with Crippen LogP contribution < -0.4 is 10.6 Å². The summed E-state index contributed by atoms with van der Waals surface area (Å²) in [6.07, 6.45) is 0. The fourth-order valence-electron chi connectivity index (χ4n) is 1.53. The van der Waals surface area contributed by atoms with Crippen molar-refractivity contribution in [2.24, 2.45) is 0 Å². The summed E-state index contributed by atoms with van der Waals surface area (Å²) in [6.45, 7) is 4.65. The SMILES string of the molecule is COCCNCCNC(=O)c1cc(C)cc(Cl)c1. The first kappa shape index (κ1) is 15.0. The molecule has 1 aromatic rings. The summed E-state index contributed by atoms with van der Waals surface area (Å²) in [6, 6.07) is 5.31. The van der Waals surface area contributed by atoms with Gasteiger partial charge in [0.1, 0.15) is 0 Å². The highest BCUT2D eigenvalue weighted by molar-refractivity contribution is 6.31. The molecule has 1 rings (SSSR count). The summed E-state index contributed by atoms with van der Waals surface area (Å²) < 4.78 is 4.90. The molecule has 2 N–H and O–H groups in total. The highest BCUT2D eigenvalue weighted by Crippen LogP contribution is 2.14. The van der Waals surface area contributed by atoms with Gasteiger partial charge in [-0.2, -0.15) is 0 Å². The third-order valence-electron chi connectivity index (χ3n) is 2.37. The van der Waals surface area contributed by atoms with Gasteiger partial charge in [-0.15, -0.1) is 0 Å². The van der Waals surface area contributed by atoms with E-state index < -0.39 is 0 Å². The van der Waals surface area contributed by atoms with Crippen molar-refractivity contribution in [3.05, 3.63) is 34.3 Å². The van der Waals surface area contributed by atoms with Crippen molar-refractivity contribution in [2.45, 2.75) is 6.92 Å². The quantitative estimate of drug-likeness (QED) is 0.740. The number of aryl methyl sites for hydroxylation is 1. The van der Waals surface area contributed by atoms with Crippen molar-refractivity contribution < 1.29 is 9.53 Å². The standard InChI is InChI=1S/C13H19ClN2O2/c1-10-7-11(9-12(14)8-10)13(17)16-4-3-15-5-6-18-2/h7-9,15H,3-6H2,1-2H3,(H,16,17). The van der Waals surface area contributed by atoms with Crippen LogP contribution in [0, 0.1) is 6.92 Å². The largest absolute Gasteiger partial charge is 0.383 e. The molecule has 0 atom stereocenters. The first-order valence-electron chi connectivity index (χ1n) is 5.88. The van der Waals surface area contributed by atoms with Crippen LogP contribution in [-0.2, 0) is 4.74 Å². The van der Waals surface area contributed by atoms with Crippen LogP contribution in [0.15, 0.2) is 18.2 Å². The first-order valence-corrected chi connectivity index (χ1v) is 6.26. The number of hydrogen-bond donors (Lipinski definition) is 2. The van der Waals surface area contributed by atoms with Crippen molar-refractivity contribution in [1.29, 1.82) is 0 Å². The lowest BCUT2D eigenvalue weighted by atomic mass is 10.1. The number of amides is 1. The molecule has 0 spiro atoms. The topological polar surface area (TPSA) is 50.4 Å². The highest BCUT2D eigenvalue weighted by atomic mass is 35.5. The predicted octanol–water partition coefficient (Wildman–Crippen LogP) is 1.61. The lowest BCUT2D eigenvalue weighted by Gasteiger charge is -2.07. The van der Waals surface area contributed by atoms with Crippen LogP contribution >= 0.6 is 11.6 Å². The molecule has 18 heavy (non-hydrogen) atoms. The minimum atomic E-state index is -0.103. The summed E-state index contributed by atoms with van der Waals surface area (Å²) in [5.41, 5.74) is 1.57. The molecule has 0 radical (unpaired) electrons. The van der Waals surface area contributed by atoms with E-state index >= 15 is 0 Å². The Balaban J connectivity index is 2.32. The van der Waals surface area contributed by atoms with Crippen molar-refractivity contribution in [2.75, 3.05) is 33.4 Å². The Morgan fingerprint density at radius 1 is 1.28 bits per heavy atom. The van der Waals surface area contributed by atoms with Gasteiger partial charge >= 0.3 is 0 Å². The van der Waals surface area contributed by atoms with Gasteiger partial charge in [-0.1, -0.05) is 11.6 Å². The Kier molecular flexibility index (Phi) is 6.72. The smallest absolute Gasteiger partial charge is 0.251 e. The van der Waals surface area contributed by atoms with Crippen LogP contribution in [0.1, 0.15) is 15.9 Å². The molecule has 1 aromatic carbocycles. The third-order valence-corrected chi connectivity index (χ3v) is 2.59. The maximum Gasteiger partial charge on any atom is 0.251 e. The first-order chi connectivity index (χ1) is 8.63. The molecule has 0 aliphatic carbocycles. The van der Waals surface area contributed by atoms with Crippen LogP contribution in [0.5, 0.6) is 0 Å². The zero-order valence-electron chi connectivity index (χ0n) is 10.8. The number of nitrogens with one attached hydrogen (secondary N) is 2. The minimum Gasteiger partial charge on any atom is -0.383 e. The van der Waals surface area contributed by atoms with Crippen LogP contribution in [0.3, 0.4) is 0 Å². The molecule has 0 aromatic heterocycles. The number of hydrogen-bond acceptors (Lipinski definition) is 3. The Morgan fingerprint density at radius 2 is 2.06 bits per heavy atom. The van der Waals surface area contributed by atoms with E-state index in [9.17, 15) is 4.79 Å². The van der Waals surface area contributed by atoms with Gasteiger partial charge in [0.15, 0.2) is 0 Å². The van der Waals surface area contributed by atoms with Gasteiger partial charge in [-0.3, -0.25) is 4.79 Å². The predicted molar refractivity (Wildman–Crippen MR) is 73.3 cm³/mol. The zero-order valence-corrected chi connectivity index (χ0v) is 11.5. The third kappa shape index (κ3) is 5.49. The fourth-order valence-corrected chi connectivity index (χ4v) is 1.82. The molecule has 0 saturated heterocycles. The maximum atomic E-state index is 11.8. The van der Waals surface area contributed by atoms with Gasteiger partial charge in [0.25, 0.3) is 5.91 Å². The van der Waals surface area contributed by atoms with Gasteiger partial charge in [0, 0.05) is 37.3 Å². The van der Waals surface area contributed by atoms with Crippen molar-refractivity contribution in [1.82, 2.24) is 10.6 Å². The van der Waals surface area contributed by atoms with Gasteiger partial charge < -0.3 is 15.4 Å². The normalized spacial score (nSPS) is 10.4. The van der Waals surface area contributed by atoms with E-state index in [1.807, 2.05) is 19.1 Å². The van der Waals surface area contributed by atoms with E-state index in [2.05, 4.69) is 10.6 Å². The second kappa shape index (κ2) is 8.08. The molecule has 0 heterocycles. The molecule has 100 valence electrons. The average molecular weight is 271 g/mol. The molecule has 0 aliphatic rings. The van der Waals surface area contributed by atoms with E-state index in [4.69, 9.17) is 16.3 Å². The van der Waals surface area contributed by atoms with Gasteiger partial charge in [-0.25, -0.2) is 0 Å². The molecule has 0 aliphatic heterocycles. The molecule has 0 saturated carbocycles. The van der Waals surface area contributed by atoms with Crippen molar-refractivity contribution >= 4 is 17.5 Å². The second-order valence-electron chi connectivity index (χ2n) is 4.02. The fraction of sp³-hybridized carbons (Fsp3) is 0.462. The van der Waals surface area contributed by atoms with Gasteiger partial charge in [0.05, 0.1) is 6.61 Å². The lowest BCUT2D eigenvalue weighted by Crippen LogP contribution is -2.33. The maximum absolute atomic E-state index is 11.8. The van der Waals surface area contributed by atoms with Gasteiger partial charge in [-0.05, 0) is 30.7 Å². The van der Waals surface area contributed by atoms with Crippen LogP contribution in [0.4, 0.5) is 0 Å². The summed E-state index contributed by atoms with van der Waals surface area (Å²) in [7, 11) is 1.66. The van der Waals surface area contributed by atoms with E-state index in [1.165, 1.54) is 0 Å². The number of ether oxygens (including phenoxy) is 1. The number of halogens is 1. The molecule has 5 heteroatoms. The van der Waals surface area contributed by atoms with E-state index in [0.29, 0.717) is 30.3 Å². The Hall–Kier alpha value is -1.10. The molecule has 0 bridgehead atoms. The van der Waals surface area contributed by atoms with E-state index in [0.717, 1.165) is 12.1 Å². The van der Waals surface area contributed by atoms with E-state index in [-0.39, 0.29) is 5.91 Å². The molecule has 0 fully saturated rings. The second-order valence-corrected chi connectivity index (χ2v) is 4.45. The highest BCUT2D eigenvalue weighted by Gasteiger charge is 2.06. The molecule has 0 unspecified atom stereocenters. The van der Waals surface area contributed by atoms with Crippen LogP contribution in [0.2, 0.25) is 5.02 Å². The molecular formula is C13H19ClN2O2. The van der Waals surface area contributed by atoms with Crippen LogP contribution in [-0.4, -0.2) is 39.3 Å². The number of methoxy groups -OCH3 is 1. The average Bonchev–Trinajstić information content (AvgIpc) is 2.32. The number of rotatable bonds is 7. The molecular weight excluding hydrogens is 252 g/mol. The summed E-state index contributed by atoms with van der Waals surface area (Å²) in [5, 5.41) is 6.56. The Morgan fingerprint density at radius 3 is 2.72 bits per heavy atom. The molecule has 4 nitrogen and oxygen atoms in total. The number of carbonyl (C=O) groups excluding carboxylic acids is 1. The Bertz CT molecular complexity index is 376. The minimum absolute atomic E-state index is 0.103.